The Labute approximate surface area is 126 Å². The molecule has 3 fully saturated rings. The van der Waals surface area contributed by atoms with Gasteiger partial charge in [-0.3, -0.25) is 9.59 Å². The van der Waals surface area contributed by atoms with Crippen LogP contribution in [0.2, 0.25) is 0 Å². The number of rotatable bonds is 2. The molecule has 0 aromatic heterocycles. The molecular weight excluding hydrogens is 268 g/mol. The van der Waals surface area contributed by atoms with Gasteiger partial charge in [-0.25, -0.2) is 0 Å². The minimum Gasteiger partial charge on any atom is -0.371 e. The Hall–Kier alpha value is -1.10. The summed E-state index contributed by atoms with van der Waals surface area (Å²) in [6.45, 7) is 2.15. The normalized spacial score (nSPS) is 32.3. The molecule has 5 nitrogen and oxygen atoms in total. The van der Waals surface area contributed by atoms with Crippen LogP contribution in [-0.2, 0) is 14.3 Å². The fourth-order valence-electron chi connectivity index (χ4n) is 4.24. The van der Waals surface area contributed by atoms with Gasteiger partial charge < -0.3 is 15.4 Å². The average molecular weight is 294 g/mol. The summed E-state index contributed by atoms with van der Waals surface area (Å²) in [4.78, 5) is 26.0. The molecule has 2 saturated carbocycles. The first-order valence-electron chi connectivity index (χ1n) is 8.32. The van der Waals surface area contributed by atoms with Crippen molar-refractivity contribution in [3.05, 3.63) is 0 Å². The van der Waals surface area contributed by atoms with E-state index in [4.69, 9.17) is 10.5 Å². The van der Waals surface area contributed by atoms with Crippen LogP contribution in [0.15, 0.2) is 0 Å². The number of nitrogens with zero attached hydrogens (tertiary/aromatic N) is 1. The van der Waals surface area contributed by atoms with E-state index in [9.17, 15) is 9.59 Å². The third-order valence-corrected chi connectivity index (χ3v) is 5.55. The van der Waals surface area contributed by atoms with Crippen molar-refractivity contribution in [2.45, 2.75) is 57.0 Å². The molecule has 5 heteroatoms. The van der Waals surface area contributed by atoms with Gasteiger partial charge in [-0.15, -0.1) is 0 Å². The summed E-state index contributed by atoms with van der Waals surface area (Å²) in [6, 6.07) is 0. The van der Waals surface area contributed by atoms with Crippen molar-refractivity contribution in [2.75, 3.05) is 19.7 Å². The maximum Gasteiger partial charge on any atom is 0.225 e. The highest BCUT2D eigenvalue weighted by atomic mass is 16.5. The van der Waals surface area contributed by atoms with Crippen LogP contribution in [0.3, 0.4) is 0 Å². The Kier molecular flexibility index (Phi) is 4.20. The summed E-state index contributed by atoms with van der Waals surface area (Å²) in [5, 5.41) is 0. The van der Waals surface area contributed by atoms with Gasteiger partial charge in [-0.05, 0) is 38.5 Å². The number of hydrogen-bond acceptors (Lipinski definition) is 3. The number of morpholine rings is 1. The lowest BCUT2D eigenvalue weighted by Gasteiger charge is -2.42. The number of amides is 2. The number of carbonyl (C=O) groups is 2. The Balaban J connectivity index is 1.57. The van der Waals surface area contributed by atoms with E-state index in [1.807, 2.05) is 4.90 Å². The van der Waals surface area contributed by atoms with E-state index in [-0.39, 0.29) is 29.3 Å². The van der Waals surface area contributed by atoms with E-state index in [1.54, 1.807) is 0 Å². The average Bonchev–Trinajstić information content (AvgIpc) is 2.94. The van der Waals surface area contributed by atoms with Gasteiger partial charge >= 0.3 is 0 Å². The molecule has 118 valence electrons. The third-order valence-electron chi connectivity index (χ3n) is 5.55. The Morgan fingerprint density at radius 1 is 1.05 bits per heavy atom. The van der Waals surface area contributed by atoms with Gasteiger partial charge in [0, 0.05) is 24.9 Å². The molecule has 3 aliphatic rings. The van der Waals surface area contributed by atoms with E-state index in [0.29, 0.717) is 6.61 Å². The maximum absolute atomic E-state index is 12.7. The van der Waals surface area contributed by atoms with E-state index < -0.39 is 0 Å². The zero-order chi connectivity index (χ0) is 14.9. The molecule has 21 heavy (non-hydrogen) atoms. The molecule has 0 atom stereocenters. The third kappa shape index (κ3) is 3.07. The first kappa shape index (κ1) is 14.8. The van der Waals surface area contributed by atoms with E-state index in [1.165, 1.54) is 12.8 Å². The number of primary amides is 1. The molecule has 1 aliphatic heterocycles. The molecule has 0 aromatic rings. The molecule has 0 radical (unpaired) electrons. The lowest BCUT2D eigenvalue weighted by molar-refractivity contribution is -0.155. The van der Waals surface area contributed by atoms with Crippen LogP contribution in [0.5, 0.6) is 0 Å². The minimum absolute atomic E-state index is 0.0279. The van der Waals surface area contributed by atoms with Crippen molar-refractivity contribution in [1.29, 1.82) is 0 Å². The van der Waals surface area contributed by atoms with Gasteiger partial charge in [0.05, 0.1) is 12.2 Å². The van der Waals surface area contributed by atoms with Crippen LogP contribution in [-0.4, -0.2) is 42.0 Å². The molecule has 2 N–H and O–H groups in total. The van der Waals surface area contributed by atoms with Gasteiger partial charge in [0.1, 0.15) is 0 Å². The summed E-state index contributed by atoms with van der Waals surface area (Å²) < 4.78 is 5.99. The summed E-state index contributed by atoms with van der Waals surface area (Å²) in [6.07, 6.45) is 7.74. The second-order valence-electron chi connectivity index (χ2n) is 6.95. The monoisotopic (exact) mass is 294 g/mol. The second kappa shape index (κ2) is 5.95. The van der Waals surface area contributed by atoms with Crippen molar-refractivity contribution in [2.24, 2.45) is 17.6 Å². The SMILES string of the molecule is NC(=O)C1CCC(C(=O)N2CCOC3(CCCC3)C2)CC1. The van der Waals surface area contributed by atoms with Gasteiger partial charge in [0.15, 0.2) is 0 Å². The topological polar surface area (TPSA) is 72.6 Å². The number of ether oxygens (including phenoxy) is 1. The summed E-state index contributed by atoms with van der Waals surface area (Å²) in [7, 11) is 0. The molecule has 1 spiro atoms. The zero-order valence-corrected chi connectivity index (χ0v) is 12.7. The van der Waals surface area contributed by atoms with Crippen molar-refractivity contribution < 1.29 is 14.3 Å². The second-order valence-corrected chi connectivity index (χ2v) is 6.95. The molecule has 0 bridgehead atoms. The fourth-order valence-corrected chi connectivity index (χ4v) is 4.24. The molecule has 2 amide bonds. The summed E-state index contributed by atoms with van der Waals surface area (Å²) in [5.41, 5.74) is 5.30. The van der Waals surface area contributed by atoms with Crippen LogP contribution in [0.25, 0.3) is 0 Å². The standard InChI is InChI=1S/C16H26N2O3/c17-14(19)12-3-5-13(6-4-12)15(20)18-9-10-21-16(11-18)7-1-2-8-16/h12-13H,1-11H2,(H2,17,19). The minimum atomic E-state index is -0.211. The first-order chi connectivity index (χ1) is 10.1. The molecule has 0 unspecified atom stereocenters. The predicted molar refractivity (Wildman–Crippen MR) is 78.4 cm³/mol. The predicted octanol–water partition coefficient (Wildman–Crippen LogP) is 1.45. The highest BCUT2D eigenvalue weighted by molar-refractivity contribution is 5.80. The Morgan fingerprint density at radius 3 is 2.29 bits per heavy atom. The van der Waals surface area contributed by atoms with Gasteiger partial charge in [-0.2, -0.15) is 0 Å². The summed E-state index contributed by atoms with van der Waals surface area (Å²) in [5.74, 6) is 0.113. The van der Waals surface area contributed by atoms with E-state index in [2.05, 4.69) is 0 Å². The molecule has 2 aliphatic carbocycles. The number of nitrogens with two attached hydrogens (primary N) is 1. The van der Waals surface area contributed by atoms with Gasteiger partial charge in [0.25, 0.3) is 0 Å². The number of carbonyl (C=O) groups excluding carboxylic acids is 2. The maximum atomic E-state index is 12.7. The molecule has 3 rings (SSSR count). The van der Waals surface area contributed by atoms with Crippen molar-refractivity contribution >= 4 is 11.8 Å². The lowest BCUT2D eigenvalue weighted by Crippen LogP contribution is -2.54. The highest BCUT2D eigenvalue weighted by Gasteiger charge is 2.42. The van der Waals surface area contributed by atoms with Crippen LogP contribution < -0.4 is 5.73 Å². The Morgan fingerprint density at radius 2 is 1.67 bits per heavy atom. The molecular formula is C16H26N2O3. The molecule has 1 heterocycles. The zero-order valence-electron chi connectivity index (χ0n) is 12.7. The smallest absolute Gasteiger partial charge is 0.225 e. The van der Waals surface area contributed by atoms with Crippen molar-refractivity contribution in [3.63, 3.8) is 0 Å². The van der Waals surface area contributed by atoms with Gasteiger partial charge in [-0.1, -0.05) is 12.8 Å². The molecule has 1 saturated heterocycles. The fraction of sp³-hybridized carbons (Fsp3) is 0.875. The van der Waals surface area contributed by atoms with Crippen LogP contribution in [0, 0.1) is 11.8 Å². The first-order valence-corrected chi connectivity index (χ1v) is 8.32. The van der Waals surface area contributed by atoms with Crippen LogP contribution in [0.1, 0.15) is 51.4 Å². The highest BCUT2D eigenvalue weighted by Crippen LogP contribution is 2.37. The number of hydrogen-bond donors (Lipinski definition) is 1. The van der Waals surface area contributed by atoms with E-state index >= 15 is 0 Å². The van der Waals surface area contributed by atoms with Crippen LogP contribution in [0.4, 0.5) is 0 Å². The van der Waals surface area contributed by atoms with Gasteiger partial charge in [0.2, 0.25) is 11.8 Å². The Bertz CT molecular complexity index is 410. The van der Waals surface area contributed by atoms with Crippen molar-refractivity contribution in [3.8, 4) is 0 Å². The largest absolute Gasteiger partial charge is 0.371 e. The lowest BCUT2D eigenvalue weighted by atomic mass is 9.81. The van der Waals surface area contributed by atoms with Crippen LogP contribution >= 0.6 is 0 Å². The van der Waals surface area contributed by atoms with Crippen molar-refractivity contribution in [1.82, 2.24) is 4.90 Å². The summed E-state index contributed by atoms with van der Waals surface area (Å²) >= 11 is 0. The quantitative estimate of drug-likeness (QED) is 0.838. The molecule has 0 aromatic carbocycles. The van der Waals surface area contributed by atoms with E-state index in [0.717, 1.165) is 51.6 Å².